The molecule has 4 heterocycles. The van der Waals surface area contributed by atoms with Crippen molar-refractivity contribution in [2.45, 2.75) is 0 Å². The number of phenols is 1. The van der Waals surface area contributed by atoms with Crippen molar-refractivity contribution < 1.29 is 5.11 Å². The van der Waals surface area contributed by atoms with Gasteiger partial charge in [0.1, 0.15) is 5.75 Å². The lowest BCUT2D eigenvalue weighted by Crippen LogP contribution is -2.02. The number of fused-ring (bicyclic) bond motifs is 3. The third-order valence-corrected chi connectivity index (χ3v) is 13.8. The third kappa shape index (κ3) is 6.42. The lowest BCUT2D eigenvalue weighted by Gasteiger charge is -2.16. The average Bonchev–Trinajstić information content (AvgIpc) is 3.65. The molecule has 0 unspecified atom stereocenters. The molecule has 0 atom stereocenters. The highest BCUT2D eigenvalue weighted by atomic mass is 127. The predicted octanol–water partition coefficient (Wildman–Crippen LogP) is 12.2. The zero-order valence-electron chi connectivity index (χ0n) is 29.7. The molecular formula is C48H30IN5OS. The number of rotatable bonds is 7. The van der Waals surface area contributed by atoms with Crippen LogP contribution in [0, 0.1) is 0 Å². The average molecular weight is 852 g/mol. The van der Waals surface area contributed by atoms with Crippen LogP contribution in [0.25, 0.3) is 80.7 Å². The van der Waals surface area contributed by atoms with E-state index >= 15 is 0 Å². The minimum atomic E-state index is -0.755. The summed E-state index contributed by atoms with van der Waals surface area (Å²) < 4.78 is 4.57. The molecule has 56 heavy (non-hydrogen) atoms. The highest BCUT2D eigenvalue weighted by Gasteiger charge is 2.21. The Labute approximate surface area is 337 Å². The van der Waals surface area contributed by atoms with E-state index in [1.807, 2.05) is 78.9 Å². The first-order chi connectivity index (χ1) is 27.7. The van der Waals surface area contributed by atoms with Crippen molar-refractivity contribution in [3.05, 3.63) is 187 Å². The van der Waals surface area contributed by atoms with E-state index in [2.05, 4.69) is 91.0 Å². The monoisotopic (exact) mass is 851 g/mol. The van der Waals surface area contributed by atoms with Crippen LogP contribution in [0.1, 0.15) is 11.1 Å². The van der Waals surface area contributed by atoms with Gasteiger partial charge >= 0.3 is 0 Å². The second kappa shape index (κ2) is 14.6. The Morgan fingerprint density at radius 2 is 1.09 bits per heavy atom. The van der Waals surface area contributed by atoms with E-state index in [9.17, 15) is 5.11 Å². The first-order valence-electron chi connectivity index (χ1n) is 18.1. The molecule has 1 aliphatic rings. The van der Waals surface area contributed by atoms with Crippen LogP contribution < -0.4 is 0 Å². The summed E-state index contributed by atoms with van der Waals surface area (Å²) in [4.78, 5) is 25.3. The number of nitrogens with zero attached hydrogens (tertiary/aromatic N) is 5. The Morgan fingerprint density at radius 3 is 1.82 bits per heavy atom. The Morgan fingerprint density at radius 1 is 0.500 bits per heavy atom. The molecular weight excluding hydrogens is 822 g/mol. The van der Waals surface area contributed by atoms with E-state index in [1.165, 1.54) is 8.21 Å². The third-order valence-electron chi connectivity index (χ3n) is 9.57. The molecule has 6 nitrogen and oxygen atoms in total. The summed E-state index contributed by atoms with van der Waals surface area (Å²) in [7, 11) is 0. The summed E-state index contributed by atoms with van der Waals surface area (Å²) in [5.74, 6) is 2.54. The fourth-order valence-corrected chi connectivity index (χ4v) is 10.9. The summed E-state index contributed by atoms with van der Waals surface area (Å²) >= 11 is 0.983. The molecule has 0 fully saturated rings. The molecule has 0 bridgehead atoms. The molecule has 8 heteroatoms. The minimum Gasteiger partial charge on any atom is -0.507 e. The van der Waals surface area contributed by atoms with Gasteiger partial charge in [0.05, 0.1) is 15.9 Å². The standard InChI is InChI=1S/C48H30IN5OS/c55-39-27-13-24-36(48-53-45(31-17-6-2-7-18-31)52-46(54-48)32-19-8-3-9-20-32)41(39)38-26-14-25-37(49-38)33-21-12-22-34(29-33)47-50-42(30-15-4-1-5-16-30)44-43(51-47)35-23-10-11-28-40(35)56-44/h1-29,55H. The molecule has 0 spiro atoms. The number of aromatic nitrogens is 5. The van der Waals surface area contributed by atoms with Crippen LogP contribution in [0.15, 0.2) is 176 Å². The number of halogens is 1. The van der Waals surface area contributed by atoms with Gasteiger partial charge in [-0.2, -0.15) is 0 Å². The fraction of sp³-hybridized carbons (Fsp3) is 0. The molecule has 3 aromatic heterocycles. The Bertz CT molecular complexity index is 2980. The van der Waals surface area contributed by atoms with Crippen LogP contribution in [0.3, 0.4) is 0 Å². The van der Waals surface area contributed by atoms with Crippen molar-refractivity contribution in [3.8, 4) is 62.6 Å². The van der Waals surface area contributed by atoms with Gasteiger partial charge in [-0.15, -0.1) is 11.3 Å². The van der Waals surface area contributed by atoms with E-state index in [0.717, 1.165) is 63.8 Å². The van der Waals surface area contributed by atoms with E-state index in [-0.39, 0.29) is 5.75 Å². The zero-order chi connectivity index (χ0) is 37.4. The van der Waals surface area contributed by atoms with Gasteiger partial charge in [0.25, 0.3) is 0 Å². The molecule has 10 rings (SSSR count). The highest BCUT2D eigenvalue weighted by molar-refractivity contribution is 14.2. The summed E-state index contributed by atoms with van der Waals surface area (Å²) in [6.07, 6.45) is 6.37. The maximum absolute atomic E-state index is 11.5. The van der Waals surface area contributed by atoms with Crippen molar-refractivity contribution in [2.75, 3.05) is 0 Å². The number of hydrogen-bond donors (Lipinski definition) is 1. The van der Waals surface area contributed by atoms with Gasteiger partial charge in [0.2, 0.25) is 0 Å². The topological polar surface area (TPSA) is 84.7 Å². The van der Waals surface area contributed by atoms with Crippen molar-refractivity contribution >= 4 is 59.5 Å². The lowest BCUT2D eigenvalue weighted by molar-refractivity contribution is 0.474. The van der Waals surface area contributed by atoms with Gasteiger partial charge in [-0.1, -0.05) is 166 Å². The maximum atomic E-state index is 11.5. The quantitative estimate of drug-likeness (QED) is 0.161. The van der Waals surface area contributed by atoms with Crippen molar-refractivity contribution in [3.63, 3.8) is 0 Å². The van der Waals surface area contributed by atoms with Crippen LogP contribution >= 0.6 is 32.1 Å². The molecule has 0 saturated heterocycles. The molecule has 6 aromatic carbocycles. The SMILES string of the molecule is Oc1cccc(-c2nc(-c3ccccc3)nc(-c3ccccc3)n2)c1C1=CC=CC(c2cccc(-c3nc(-c4ccccc4)c4sc5ccccc5c4n3)c2)=I1. The number of allylic oxidation sites excluding steroid dienone is 3. The first kappa shape index (κ1) is 34.0. The van der Waals surface area contributed by atoms with Crippen molar-refractivity contribution in [1.82, 2.24) is 24.9 Å². The fourth-order valence-electron chi connectivity index (χ4n) is 6.90. The molecule has 0 aliphatic carbocycles. The molecule has 9 aromatic rings. The number of benzene rings is 6. The summed E-state index contributed by atoms with van der Waals surface area (Å²) in [6, 6.07) is 52.8. The molecule has 0 radical (unpaired) electrons. The number of aromatic hydroxyl groups is 1. The second-order valence-corrected chi connectivity index (χ2v) is 17.1. The first-order valence-corrected chi connectivity index (χ1v) is 21.1. The second-order valence-electron chi connectivity index (χ2n) is 13.2. The van der Waals surface area contributed by atoms with E-state index in [0.29, 0.717) is 23.3 Å². The lowest BCUT2D eigenvalue weighted by atomic mass is 10.0. The summed E-state index contributed by atoms with van der Waals surface area (Å²) in [5, 5.41) is 12.7. The normalized spacial score (nSPS) is 12.6. The zero-order valence-corrected chi connectivity index (χ0v) is 32.7. The van der Waals surface area contributed by atoms with Crippen LogP contribution in [-0.4, -0.2) is 33.5 Å². The summed E-state index contributed by atoms with van der Waals surface area (Å²) in [5.41, 5.74) is 8.32. The van der Waals surface area contributed by atoms with Gasteiger partial charge in [-0.3, -0.25) is 0 Å². The van der Waals surface area contributed by atoms with E-state index in [4.69, 9.17) is 24.9 Å². The van der Waals surface area contributed by atoms with Gasteiger partial charge in [0.15, 0.2) is 23.3 Å². The smallest absolute Gasteiger partial charge is 0.164 e. The number of thiophene rings is 1. The summed E-state index contributed by atoms with van der Waals surface area (Å²) in [6.45, 7) is 0. The van der Waals surface area contributed by atoms with Crippen molar-refractivity contribution in [2.24, 2.45) is 0 Å². The molecule has 266 valence electrons. The van der Waals surface area contributed by atoms with Gasteiger partial charge < -0.3 is 5.11 Å². The molecule has 1 aliphatic heterocycles. The predicted molar refractivity (Wildman–Crippen MR) is 239 cm³/mol. The Balaban J connectivity index is 1.07. The maximum Gasteiger partial charge on any atom is 0.164 e. The van der Waals surface area contributed by atoms with Crippen LogP contribution in [0.2, 0.25) is 0 Å². The van der Waals surface area contributed by atoms with Gasteiger partial charge in [-0.25, -0.2) is 24.9 Å². The largest absolute Gasteiger partial charge is 0.507 e. The Kier molecular flexibility index (Phi) is 8.89. The minimum absolute atomic E-state index is 0.193. The van der Waals surface area contributed by atoms with Crippen LogP contribution in [-0.2, 0) is 0 Å². The van der Waals surface area contributed by atoms with Gasteiger partial charge in [0, 0.05) is 50.6 Å². The number of hydrogen-bond acceptors (Lipinski definition) is 7. The molecule has 0 saturated carbocycles. The van der Waals surface area contributed by atoms with Gasteiger partial charge in [-0.05, 0) is 35.9 Å². The highest BCUT2D eigenvalue weighted by Crippen LogP contribution is 2.44. The Hall–Kier alpha value is -6.49. The molecule has 1 N–H and O–H groups in total. The van der Waals surface area contributed by atoms with Crippen LogP contribution in [0.4, 0.5) is 0 Å². The van der Waals surface area contributed by atoms with Crippen LogP contribution in [0.5, 0.6) is 5.75 Å². The molecule has 0 amide bonds. The van der Waals surface area contributed by atoms with E-state index < -0.39 is 20.7 Å². The van der Waals surface area contributed by atoms with Crippen molar-refractivity contribution in [1.29, 1.82) is 0 Å². The number of phenolic OH excluding ortho intramolecular Hbond substituents is 1. The van der Waals surface area contributed by atoms with E-state index in [1.54, 1.807) is 17.4 Å².